The van der Waals surface area contributed by atoms with Crippen molar-refractivity contribution >= 4 is 29.1 Å². The maximum atomic E-state index is 13.0. The second-order valence-electron chi connectivity index (χ2n) is 7.11. The quantitative estimate of drug-likeness (QED) is 0.695. The summed E-state index contributed by atoms with van der Waals surface area (Å²) in [6.07, 6.45) is 1.50. The van der Waals surface area contributed by atoms with Gasteiger partial charge in [-0.15, -0.1) is 0 Å². The third-order valence-corrected chi connectivity index (χ3v) is 5.24. The van der Waals surface area contributed by atoms with Crippen LogP contribution in [0.5, 0.6) is 11.5 Å². The van der Waals surface area contributed by atoms with Crippen molar-refractivity contribution in [2.75, 3.05) is 31.6 Å². The highest BCUT2D eigenvalue weighted by atomic mass is 35.5. The smallest absolute Gasteiger partial charge is 0.253 e. The van der Waals surface area contributed by atoms with Gasteiger partial charge in [0.2, 0.25) is 5.91 Å². The van der Waals surface area contributed by atoms with Crippen molar-refractivity contribution in [1.29, 1.82) is 0 Å². The maximum absolute atomic E-state index is 13.0. The average Bonchev–Trinajstić information content (AvgIpc) is 2.76. The lowest BCUT2D eigenvalue weighted by molar-refractivity contribution is -0.121. The summed E-state index contributed by atoms with van der Waals surface area (Å²) in [5.74, 6) is 0.759. The lowest BCUT2D eigenvalue weighted by Crippen LogP contribution is -2.43. The highest BCUT2D eigenvalue weighted by molar-refractivity contribution is 6.30. The molecule has 0 bridgehead atoms. The summed E-state index contributed by atoms with van der Waals surface area (Å²) in [5.41, 5.74) is 1.15. The number of piperidine rings is 1. The highest BCUT2D eigenvalue weighted by Crippen LogP contribution is 2.31. The molecular formula is C23H27ClN2O4. The Morgan fingerprint density at radius 2 is 1.83 bits per heavy atom. The van der Waals surface area contributed by atoms with Crippen molar-refractivity contribution in [2.24, 2.45) is 5.92 Å². The Morgan fingerprint density at radius 3 is 2.53 bits per heavy atom. The van der Waals surface area contributed by atoms with Crippen LogP contribution in [-0.2, 0) is 4.79 Å². The molecule has 1 aliphatic heterocycles. The van der Waals surface area contributed by atoms with Crippen LogP contribution in [-0.4, -0.2) is 43.0 Å². The molecular weight excluding hydrogens is 404 g/mol. The van der Waals surface area contributed by atoms with E-state index in [2.05, 4.69) is 5.32 Å². The van der Waals surface area contributed by atoms with Crippen LogP contribution in [0.4, 0.5) is 5.69 Å². The van der Waals surface area contributed by atoms with E-state index in [1.165, 1.54) is 0 Å². The fourth-order valence-corrected chi connectivity index (χ4v) is 3.66. The van der Waals surface area contributed by atoms with Gasteiger partial charge in [-0.3, -0.25) is 9.59 Å². The first-order valence-corrected chi connectivity index (χ1v) is 10.6. The van der Waals surface area contributed by atoms with Crippen molar-refractivity contribution < 1.29 is 19.1 Å². The minimum atomic E-state index is -0.291. The number of hydrogen-bond acceptors (Lipinski definition) is 4. The van der Waals surface area contributed by atoms with Gasteiger partial charge in [0, 0.05) is 29.7 Å². The number of carbonyl (C=O) groups excluding carboxylic acids is 2. The third-order valence-electron chi connectivity index (χ3n) is 4.99. The molecule has 3 rings (SSSR count). The Balaban J connectivity index is 1.70. The van der Waals surface area contributed by atoms with Gasteiger partial charge in [0.15, 0.2) is 0 Å². The number of likely N-dealkylation sites (tertiary alicyclic amines) is 1. The zero-order chi connectivity index (χ0) is 21.5. The number of rotatable bonds is 7. The molecule has 2 amide bonds. The first-order valence-electron chi connectivity index (χ1n) is 10.3. The molecule has 1 N–H and O–H groups in total. The highest BCUT2D eigenvalue weighted by Gasteiger charge is 2.29. The fraction of sp³-hybridized carbons (Fsp3) is 0.391. The zero-order valence-corrected chi connectivity index (χ0v) is 18.1. The molecule has 0 spiro atoms. The van der Waals surface area contributed by atoms with E-state index < -0.39 is 0 Å². The van der Waals surface area contributed by atoms with E-state index in [-0.39, 0.29) is 17.7 Å². The summed E-state index contributed by atoms with van der Waals surface area (Å²) in [6.45, 7) is 5.83. The Labute approximate surface area is 182 Å². The summed E-state index contributed by atoms with van der Waals surface area (Å²) >= 11 is 5.91. The van der Waals surface area contributed by atoms with Gasteiger partial charge in [-0.2, -0.15) is 0 Å². The van der Waals surface area contributed by atoms with Gasteiger partial charge in [-0.1, -0.05) is 11.6 Å². The normalized spacial score (nSPS) is 16.1. The van der Waals surface area contributed by atoms with E-state index in [9.17, 15) is 9.59 Å². The molecule has 0 saturated carbocycles. The second-order valence-corrected chi connectivity index (χ2v) is 7.55. The monoisotopic (exact) mass is 430 g/mol. The number of halogens is 1. The number of nitrogens with zero attached hydrogens (tertiary/aromatic N) is 1. The van der Waals surface area contributed by atoms with Crippen molar-refractivity contribution in [3.8, 4) is 11.5 Å². The molecule has 6 nitrogen and oxygen atoms in total. The fourth-order valence-electron chi connectivity index (χ4n) is 3.53. The summed E-state index contributed by atoms with van der Waals surface area (Å²) in [5, 5.41) is 3.56. The van der Waals surface area contributed by atoms with Crippen LogP contribution in [0.3, 0.4) is 0 Å². The number of benzene rings is 2. The van der Waals surface area contributed by atoms with Crippen molar-refractivity contribution in [3.63, 3.8) is 0 Å². The number of nitrogens with one attached hydrogen (secondary N) is 1. The Kier molecular flexibility index (Phi) is 7.57. The number of hydrogen-bond donors (Lipinski definition) is 1. The van der Waals surface area contributed by atoms with Gasteiger partial charge in [-0.25, -0.2) is 0 Å². The Bertz CT molecular complexity index is 885. The molecule has 2 aromatic carbocycles. The first-order chi connectivity index (χ1) is 14.5. The largest absolute Gasteiger partial charge is 0.494 e. The van der Waals surface area contributed by atoms with Gasteiger partial charge < -0.3 is 19.7 Å². The van der Waals surface area contributed by atoms with Crippen LogP contribution < -0.4 is 14.8 Å². The molecule has 1 saturated heterocycles. The topological polar surface area (TPSA) is 67.9 Å². The molecule has 0 aliphatic carbocycles. The van der Waals surface area contributed by atoms with Gasteiger partial charge in [0.1, 0.15) is 11.5 Å². The molecule has 1 aliphatic rings. The van der Waals surface area contributed by atoms with Gasteiger partial charge in [-0.05, 0) is 63.1 Å². The van der Waals surface area contributed by atoms with E-state index in [4.69, 9.17) is 21.1 Å². The van der Waals surface area contributed by atoms with Crippen molar-refractivity contribution in [2.45, 2.75) is 26.7 Å². The van der Waals surface area contributed by atoms with Crippen LogP contribution >= 0.6 is 11.6 Å². The first kappa shape index (κ1) is 22.0. The third kappa shape index (κ3) is 5.45. The summed E-state index contributed by atoms with van der Waals surface area (Å²) in [6, 6.07) is 12.2. The van der Waals surface area contributed by atoms with Crippen LogP contribution in [0.1, 0.15) is 37.0 Å². The van der Waals surface area contributed by atoms with Crippen LogP contribution in [0.2, 0.25) is 5.02 Å². The standard InChI is InChI=1S/C23H27ClN2O4/c1-3-29-19-11-12-21(30-4-2)20(14-19)25-22(27)17-6-5-13-26(15-17)23(28)16-7-9-18(24)10-8-16/h7-12,14,17H,3-6,13,15H2,1-2H3,(H,25,27)/t17-/m1/s1. The van der Waals surface area contributed by atoms with E-state index in [0.717, 1.165) is 12.8 Å². The SMILES string of the molecule is CCOc1ccc(OCC)c(NC(=O)[C@@H]2CCCN(C(=O)c3ccc(Cl)cc3)C2)c1. The van der Waals surface area contributed by atoms with Crippen LogP contribution in [0, 0.1) is 5.92 Å². The van der Waals surface area contributed by atoms with Gasteiger partial charge in [0.25, 0.3) is 5.91 Å². The lowest BCUT2D eigenvalue weighted by atomic mass is 9.96. The van der Waals surface area contributed by atoms with E-state index in [0.29, 0.717) is 54.1 Å². The zero-order valence-electron chi connectivity index (χ0n) is 17.3. The van der Waals surface area contributed by atoms with Crippen molar-refractivity contribution in [1.82, 2.24) is 4.90 Å². The van der Waals surface area contributed by atoms with Gasteiger partial charge in [0.05, 0.1) is 24.8 Å². The Morgan fingerprint density at radius 1 is 1.10 bits per heavy atom. The molecule has 1 atom stereocenters. The molecule has 2 aromatic rings. The molecule has 1 heterocycles. The number of ether oxygens (including phenoxy) is 2. The second kappa shape index (κ2) is 10.3. The molecule has 160 valence electrons. The van der Waals surface area contributed by atoms with Crippen LogP contribution in [0.15, 0.2) is 42.5 Å². The predicted molar refractivity (Wildman–Crippen MR) is 117 cm³/mol. The van der Waals surface area contributed by atoms with Crippen LogP contribution in [0.25, 0.3) is 0 Å². The molecule has 30 heavy (non-hydrogen) atoms. The Hall–Kier alpha value is -2.73. The molecule has 0 unspecified atom stereocenters. The average molecular weight is 431 g/mol. The minimum absolute atomic E-state index is 0.0856. The van der Waals surface area contributed by atoms with Gasteiger partial charge >= 0.3 is 0 Å². The van der Waals surface area contributed by atoms with Crippen molar-refractivity contribution in [3.05, 3.63) is 53.1 Å². The lowest BCUT2D eigenvalue weighted by Gasteiger charge is -2.32. The molecule has 0 aromatic heterocycles. The predicted octanol–water partition coefficient (Wildman–Crippen LogP) is 4.63. The van der Waals surface area contributed by atoms with E-state index in [1.54, 1.807) is 41.3 Å². The maximum Gasteiger partial charge on any atom is 0.253 e. The van der Waals surface area contributed by atoms with E-state index >= 15 is 0 Å². The summed E-state index contributed by atoms with van der Waals surface area (Å²) in [7, 11) is 0. The molecule has 1 fully saturated rings. The molecule has 7 heteroatoms. The summed E-state index contributed by atoms with van der Waals surface area (Å²) < 4.78 is 11.2. The summed E-state index contributed by atoms with van der Waals surface area (Å²) in [4.78, 5) is 27.5. The number of carbonyl (C=O) groups is 2. The molecule has 0 radical (unpaired) electrons. The number of amides is 2. The number of anilines is 1. The van der Waals surface area contributed by atoms with E-state index in [1.807, 2.05) is 19.9 Å². The minimum Gasteiger partial charge on any atom is -0.494 e.